The summed E-state index contributed by atoms with van der Waals surface area (Å²) in [5.74, 6) is -0.111. The van der Waals surface area contributed by atoms with Crippen molar-refractivity contribution in [3.8, 4) is 5.88 Å². The van der Waals surface area contributed by atoms with Crippen LogP contribution in [0.25, 0.3) is 0 Å². The van der Waals surface area contributed by atoms with Crippen LogP contribution in [0.1, 0.15) is 39.4 Å². The molecule has 1 heterocycles. The molecule has 0 aromatic carbocycles. The van der Waals surface area contributed by atoms with E-state index in [1.165, 1.54) is 6.07 Å². The van der Waals surface area contributed by atoms with Crippen molar-refractivity contribution in [2.75, 3.05) is 6.61 Å². The van der Waals surface area contributed by atoms with Crippen LogP contribution in [0.4, 0.5) is 13.2 Å². The molecule has 0 saturated heterocycles. The summed E-state index contributed by atoms with van der Waals surface area (Å²) < 4.78 is 55.3. The van der Waals surface area contributed by atoms with E-state index in [1.807, 2.05) is 20.8 Å². The van der Waals surface area contributed by atoms with Crippen LogP contribution in [-0.2, 0) is 11.4 Å². The number of nitrogens with one attached hydrogen (secondary N) is 1. The van der Waals surface area contributed by atoms with E-state index in [-0.39, 0.29) is 11.9 Å². The maximum absolute atomic E-state index is 12.1. The predicted molar refractivity (Wildman–Crippen MR) is 75.2 cm³/mol. The van der Waals surface area contributed by atoms with Crippen LogP contribution < -0.4 is 9.46 Å². The van der Waals surface area contributed by atoms with E-state index in [0.717, 1.165) is 0 Å². The summed E-state index contributed by atoms with van der Waals surface area (Å²) >= 11 is -1.30. The molecule has 21 heavy (non-hydrogen) atoms. The van der Waals surface area contributed by atoms with Gasteiger partial charge in [-0.05, 0) is 33.8 Å². The smallest absolute Gasteiger partial charge is 0.422 e. The number of ether oxygens (including phenoxy) is 1. The van der Waals surface area contributed by atoms with Crippen LogP contribution in [0, 0.1) is 0 Å². The van der Waals surface area contributed by atoms with Gasteiger partial charge >= 0.3 is 6.18 Å². The number of nitrogens with zero attached hydrogens (tertiary/aromatic N) is 1. The molecule has 1 N–H and O–H groups in total. The fourth-order valence-electron chi connectivity index (χ4n) is 1.31. The molecule has 0 aliphatic rings. The van der Waals surface area contributed by atoms with Gasteiger partial charge in [-0.15, -0.1) is 4.72 Å². The molecule has 1 aromatic rings. The molecule has 2 atom stereocenters. The molecule has 1 rings (SSSR count). The first-order chi connectivity index (χ1) is 9.49. The highest BCUT2D eigenvalue weighted by Gasteiger charge is 2.30. The van der Waals surface area contributed by atoms with Crippen LogP contribution in [-0.4, -0.2) is 27.1 Å². The lowest BCUT2D eigenvalue weighted by Gasteiger charge is -2.26. The summed E-state index contributed by atoms with van der Waals surface area (Å²) in [6.45, 7) is 5.80. The zero-order valence-electron chi connectivity index (χ0n) is 12.3. The number of alkyl halides is 3. The van der Waals surface area contributed by atoms with Gasteiger partial charge in [0.05, 0.1) is 11.7 Å². The van der Waals surface area contributed by atoms with Crippen molar-refractivity contribution in [3.05, 3.63) is 23.9 Å². The summed E-state index contributed by atoms with van der Waals surface area (Å²) in [7, 11) is 0. The zero-order chi connectivity index (χ0) is 16.3. The van der Waals surface area contributed by atoms with E-state index in [0.29, 0.717) is 5.69 Å². The van der Waals surface area contributed by atoms with Crippen LogP contribution in [0.3, 0.4) is 0 Å². The van der Waals surface area contributed by atoms with Gasteiger partial charge in [-0.1, -0.05) is 6.07 Å². The first-order valence-corrected chi connectivity index (χ1v) is 7.48. The first-order valence-electron chi connectivity index (χ1n) is 6.33. The van der Waals surface area contributed by atoms with Crippen molar-refractivity contribution in [2.45, 2.75) is 44.7 Å². The maximum atomic E-state index is 12.1. The standard InChI is InChI=1S/C13H19F3N2O2S/c1-9(18-21(19)12(2,3)4)10-6-5-7-11(17-10)20-8-13(14,15)16/h5-7,9,18H,8H2,1-4H3/t9-,21?/m1/s1. The topological polar surface area (TPSA) is 57.2 Å². The van der Waals surface area contributed by atoms with Crippen LogP contribution >= 0.6 is 0 Å². The number of rotatable bonds is 5. The van der Waals surface area contributed by atoms with Crippen molar-refractivity contribution < 1.29 is 22.5 Å². The third kappa shape index (κ3) is 6.54. The van der Waals surface area contributed by atoms with Gasteiger partial charge in [0.15, 0.2) is 6.61 Å². The van der Waals surface area contributed by atoms with E-state index in [2.05, 4.69) is 14.4 Å². The molecule has 0 aliphatic heterocycles. The van der Waals surface area contributed by atoms with Gasteiger partial charge in [0, 0.05) is 17.4 Å². The maximum Gasteiger partial charge on any atom is 0.422 e. The van der Waals surface area contributed by atoms with Crippen molar-refractivity contribution in [3.63, 3.8) is 0 Å². The summed E-state index contributed by atoms with van der Waals surface area (Å²) in [5, 5.41) is 0. The fourth-order valence-corrected chi connectivity index (χ4v) is 2.10. The third-order valence-corrected chi connectivity index (χ3v) is 4.09. The molecule has 0 bridgehead atoms. The molecule has 1 aromatic heterocycles. The number of aromatic nitrogens is 1. The number of pyridine rings is 1. The molecule has 0 spiro atoms. The second kappa shape index (κ2) is 6.85. The molecule has 120 valence electrons. The van der Waals surface area contributed by atoms with Gasteiger partial charge in [-0.3, -0.25) is 0 Å². The molecule has 0 radical (unpaired) electrons. The Morgan fingerprint density at radius 3 is 2.48 bits per heavy atom. The van der Waals surface area contributed by atoms with E-state index in [4.69, 9.17) is 0 Å². The number of halogens is 3. The Morgan fingerprint density at radius 1 is 1.33 bits per heavy atom. The number of hydrogen-bond donors (Lipinski definition) is 1. The molecule has 1 unspecified atom stereocenters. The summed E-state index contributed by atoms with van der Waals surface area (Å²) in [6.07, 6.45) is -4.41. The SMILES string of the molecule is C[C@@H](N[S+]([O-])C(C)(C)C)c1cccc(OCC(F)(F)F)n1. The second-order valence-electron chi connectivity index (χ2n) is 5.53. The lowest BCUT2D eigenvalue weighted by Crippen LogP contribution is -2.40. The van der Waals surface area contributed by atoms with Gasteiger partial charge in [-0.25, -0.2) is 4.98 Å². The minimum atomic E-state index is -4.41. The average molecular weight is 324 g/mol. The molecule has 0 fully saturated rings. The molecule has 4 nitrogen and oxygen atoms in total. The average Bonchev–Trinajstić information content (AvgIpc) is 2.34. The van der Waals surface area contributed by atoms with Crippen LogP contribution in [0.5, 0.6) is 5.88 Å². The minimum Gasteiger partial charge on any atom is -0.598 e. The van der Waals surface area contributed by atoms with Crippen molar-refractivity contribution in [1.82, 2.24) is 9.71 Å². The highest BCUT2D eigenvalue weighted by Crippen LogP contribution is 2.21. The van der Waals surface area contributed by atoms with Crippen LogP contribution in [0.2, 0.25) is 0 Å². The van der Waals surface area contributed by atoms with Crippen LogP contribution in [0.15, 0.2) is 18.2 Å². The summed E-state index contributed by atoms with van der Waals surface area (Å²) in [6, 6.07) is 4.16. The number of hydrogen-bond acceptors (Lipinski definition) is 4. The van der Waals surface area contributed by atoms with E-state index in [1.54, 1.807) is 19.1 Å². The lowest BCUT2D eigenvalue weighted by atomic mass is 10.2. The Balaban J connectivity index is 2.71. The first kappa shape index (κ1) is 18.1. The molecule has 0 amide bonds. The normalized spacial score (nSPS) is 15.6. The summed E-state index contributed by atoms with van der Waals surface area (Å²) in [4.78, 5) is 3.99. The predicted octanol–water partition coefficient (Wildman–Crippen LogP) is 3.14. The largest absolute Gasteiger partial charge is 0.598 e. The lowest BCUT2D eigenvalue weighted by molar-refractivity contribution is -0.154. The molecular formula is C13H19F3N2O2S. The highest BCUT2D eigenvalue weighted by atomic mass is 32.2. The van der Waals surface area contributed by atoms with Crippen molar-refractivity contribution >= 4 is 11.4 Å². The van der Waals surface area contributed by atoms with Gasteiger partial charge in [0.25, 0.3) is 0 Å². The van der Waals surface area contributed by atoms with Gasteiger partial charge in [-0.2, -0.15) is 13.2 Å². The van der Waals surface area contributed by atoms with Gasteiger partial charge in [0.2, 0.25) is 5.88 Å². The Morgan fingerprint density at radius 2 is 1.95 bits per heavy atom. The fraction of sp³-hybridized carbons (Fsp3) is 0.615. The molecule has 0 aliphatic carbocycles. The van der Waals surface area contributed by atoms with Crippen molar-refractivity contribution in [1.29, 1.82) is 0 Å². The second-order valence-corrected chi connectivity index (χ2v) is 7.52. The van der Waals surface area contributed by atoms with Crippen molar-refractivity contribution in [2.24, 2.45) is 0 Å². The van der Waals surface area contributed by atoms with Gasteiger partial charge < -0.3 is 9.29 Å². The Hall–Kier alpha value is -0.990. The Kier molecular flexibility index (Phi) is 5.89. The zero-order valence-corrected chi connectivity index (χ0v) is 13.1. The molecular weight excluding hydrogens is 305 g/mol. The monoisotopic (exact) mass is 324 g/mol. The van der Waals surface area contributed by atoms with Gasteiger partial charge in [0.1, 0.15) is 4.75 Å². The quantitative estimate of drug-likeness (QED) is 0.846. The Bertz CT molecular complexity index is 463. The highest BCUT2D eigenvalue weighted by molar-refractivity contribution is 7.90. The molecule has 0 saturated carbocycles. The minimum absolute atomic E-state index is 0.111. The van der Waals surface area contributed by atoms with E-state index < -0.39 is 28.9 Å². The molecule has 8 heteroatoms. The third-order valence-electron chi connectivity index (χ3n) is 2.41. The van der Waals surface area contributed by atoms with E-state index in [9.17, 15) is 17.7 Å². The Labute approximate surface area is 125 Å². The summed E-state index contributed by atoms with van der Waals surface area (Å²) in [5.41, 5.74) is 0.465. The van der Waals surface area contributed by atoms with E-state index >= 15 is 0 Å².